The highest BCUT2D eigenvalue weighted by Crippen LogP contribution is 2.25. The van der Waals surface area contributed by atoms with Gasteiger partial charge >= 0.3 is 0 Å². The fraction of sp³-hybridized carbons (Fsp3) is 0.400. The molecule has 0 fully saturated rings. The molecule has 0 bridgehead atoms. The average Bonchev–Trinajstić information content (AvgIpc) is 2.95. The van der Waals surface area contributed by atoms with Crippen LogP contribution in [0.25, 0.3) is 0 Å². The number of thioether (sulfide) groups is 1. The number of aromatic nitrogens is 3. The first-order valence-corrected chi connectivity index (χ1v) is 8.75. The maximum atomic E-state index is 5.94. The molecule has 0 atom stereocenters. The molecule has 7 heteroatoms. The quantitative estimate of drug-likeness (QED) is 0.824. The van der Waals surface area contributed by atoms with Gasteiger partial charge in [-0.15, -0.1) is 10.2 Å². The van der Waals surface area contributed by atoms with Gasteiger partial charge in [0.05, 0.1) is 5.71 Å². The highest BCUT2D eigenvalue weighted by Gasteiger charge is 2.19. The minimum absolute atomic E-state index is 0.735. The van der Waals surface area contributed by atoms with Gasteiger partial charge in [0.15, 0.2) is 5.82 Å². The van der Waals surface area contributed by atoms with Gasteiger partial charge in [0.2, 0.25) is 5.16 Å². The van der Waals surface area contributed by atoms with Gasteiger partial charge in [-0.25, -0.2) is 0 Å². The van der Waals surface area contributed by atoms with E-state index in [1.807, 2.05) is 28.9 Å². The van der Waals surface area contributed by atoms with Gasteiger partial charge in [0.25, 0.3) is 0 Å². The number of halogens is 1. The Hall–Kier alpha value is -1.37. The van der Waals surface area contributed by atoms with E-state index < -0.39 is 0 Å². The van der Waals surface area contributed by atoms with E-state index >= 15 is 0 Å². The number of benzene rings is 1. The molecule has 116 valence electrons. The number of nitrogens with zero attached hydrogens (tertiary/aromatic N) is 4. The highest BCUT2D eigenvalue weighted by molar-refractivity contribution is 7.99. The molecule has 1 aliphatic heterocycles. The molecular formula is C15H18ClN5S. The monoisotopic (exact) mass is 335 g/mol. The lowest BCUT2D eigenvalue weighted by Gasteiger charge is -2.14. The molecule has 3 rings (SSSR count). The number of rotatable bonds is 6. The van der Waals surface area contributed by atoms with E-state index in [9.17, 15) is 0 Å². The Kier molecular flexibility index (Phi) is 5.12. The zero-order chi connectivity index (χ0) is 15.4. The van der Waals surface area contributed by atoms with Crippen molar-refractivity contribution >= 4 is 29.1 Å². The van der Waals surface area contributed by atoms with E-state index in [1.165, 1.54) is 0 Å². The van der Waals surface area contributed by atoms with E-state index in [0.717, 1.165) is 65.3 Å². The lowest BCUT2D eigenvalue weighted by Crippen LogP contribution is -2.14. The topological polar surface area (TPSA) is 69.1 Å². The Morgan fingerprint density at radius 3 is 2.73 bits per heavy atom. The van der Waals surface area contributed by atoms with Crippen molar-refractivity contribution < 1.29 is 0 Å². The minimum Gasteiger partial charge on any atom is -0.330 e. The number of hydrogen-bond acceptors (Lipinski definition) is 5. The van der Waals surface area contributed by atoms with Gasteiger partial charge in [-0.05, 0) is 37.1 Å². The molecule has 1 aromatic carbocycles. The lowest BCUT2D eigenvalue weighted by molar-refractivity contribution is 0.635. The molecule has 2 N–H and O–H groups in total. The predicted octanol–water partition coefficient (Wildman–Crippen LogP) is 2.96. The van der Waals surface area contributed by atoms with E-state index in [4.69, 9.17) is 22.4 Å². The summed E-state index contributed by atoms with van der Waals surface area (Å²) in [5.74, 6) is 1.72. The van der Waals surface area contributed by atoms with Crippen LogP contribution in [0.4, 0.5) is 0 Å². The molecular weight excluding hydrogens is 318 g/mol. The maximum Gasteiger partial charge on any atom is 0.212 e. The van der Waals surface area contributed by atoms with E-state index in [0.29, 0.717) is 0 Å². The maximum absolute atomic E-state index is 5.94. The van der Waals surface area contributed by atoms with Crippen molar-refractivity contribution in [1.82, 2.24) is 14.9 Å². The first-order chi connectivity index (χ1) is 10.8. The molecule has 1 aliphatic rings. The summed E-state index contributed by atoms with van der Waals surface area (Å²) >= 11 is 7.61. The number of aryl methyl sites for hydroxylation is 1. The third-order valence-corrected chi connectivity index (χ3v) is 4.70. The molecule has 0 unspecified atom stereocenters. The second-order valence-electron chi connectivity index (χ2n) is 5.15. The van der Waals surface area contributed by atoms with Crippen LogP contribution in [0.5, 0.6) is 0 Å². The van der Waals surface area contributed by atoms with Crippen molar-refractivity contribution in [2.45, 2.75) is 30.8 Å². The van der Waals surface area contributed by atoms with Gasteiger partial charge < -0.3 is 5.73 Å². The standard InChI is InChI=1S/C15H18ClN5S/c16-12-7-5-11(6-8-12)13-10-22-15-19-18-14(21(15)20-13)4-2-1-3-9-17/h5-8H,1-4,9-10,17H2. The molecule has 0 spiro atoms. The molecule has 1 aromatic heterocycles. The van der Waals surface area contributed by atoms with Crippen LogP contribution in [0.1, 0.15) is 30.7 Å². The summed E-state index contributed by atoms with van der Waals surface area (Å²) in [6.07, 6.45) is 4.10. The van der Waals surface area contributed by atoms with Gasteiger partial charge in [-0.3, -0.25) is 0 Å². The largest absolute Gasteiger partial charge is 0.330 e. The van der Waals surface area contributed by atoms with Crippen LogP contribution in [0, 0.1) is 0 Å². The lowest BCUT2D eigenvalue weighted by atomic mass is 10.1. The Bertz CT molecular complexity index is 665. The highest BCUT2D eigenvalue weighted by atomic mass is 35.5. The van der Waals surface area contributed by atoms with Gasteiger partial charge in [0, 0.05) is 17.2 Å². The second-order valence-corrected chi connectivity index (χ2v) is 6.53. The molecule has 0 aliphatic carbocycles. The van der Waals surface area contributed by atoms with Crippen molar-refractivity contribution in [1.29, 1.82) is 0 Å². The summed E-state index contributed by atoms with van der Waals surface area (Å²) in [5, 5.41) is 14.8. The van der Waals surface area contributed by atoms with Crippen LogP contribution in [0.3, 0.4) is 0 Å². The normalized spacial score (nSPS) is 13.8. The third kappa shape index (κ3) is 3.51. The molecule has 0 radical (unpaired) electrons. The van der Waals surface area contributed by atoms with Crippen molar-refractivity contribution in [3.05, 3.63) is 40.7 Å². The van der Waals surface area contributed by atoms with Gasteiger partial charge in [-0.2, -0.15) is 9.78 Å². The van der Waals surface area contributed by atoms with E-state index in [-0.39, 0.29) is 0 Å². The smallest absolute Gasteiger partial charge is 0.212 e. The number of hydrogen-bond donors (Lipinski definition) is 1. The first-order valence-electron chi connectivity index (χ1n) is 7.39. The van der Waals surface area contributed by atoms with Crippen LogP contribution in [0.15, 0.2) is 34.5 Å². The number of fused-ring (bicyclic) bond motifs is 1. The molecule has 0 saturated carbocycles. The van der Waals surface area contributed by atoms with E-state index in [1.54, 1.807) is 11.8 Å². The van der Waals surface area contributed by atoms with Crippen molar-refractivity contribution in [2.75, 3.05) is 12.3 Å². The predicted molar refractivity (Wildman–Crippen MR) is 90.7 cm³/mol. The van der Waals surface area contributed by atoms with Crippen molar-refractivity contribution in [2.24, 2.45) is 10.8 Å². The summed E-state index contributed by atoms with van der Waals surface area (Å²) in [5.41, 5.74) is 7.64. The minimum atomic E-state index is 0.735. The molecule has 22 heavy (non-hydrogen) atoms. The Morgan fingerprint density at radius 1 is 1.14 bits per heavy atom. The SMILES string of the molecule is NCCCCCc1nnc2n1N=C(c1ccc(Cl)cc1)CS2. The van der Waals surface area contributed by atoms with Crippen molar-refractivity contribution in [3.63, 3.8) is 0 Å². The number of unbranched alkanes of at least 4 members (excludes halogenated alkanes) is 2. The fourth-order valence-corrected chi connectivity index (χ4v) is 3.30. The van der Waals surface area contributed by atoms with Crippen LogP contribution >= 0.6 is 23.4 Å². The Labute approximate surface area is 138 Å². The third-order valence-electron chi connectivity index (χ3n) is 3.52. The zero-order valence-corrected chi connectivity index (χ0v) is 13.8. The summed E-state index contributed by atoms with van der Waals surface area (Å²) in [7, 11) is 0. The van der Waals surface area contributed by atoms with Crippen molar-refractivity contribution in [3.8, 4) is 0 Å². The molecule has 0 amide bonds. The van der Waals surface area contributed by atoms with E-state index in [2.05, 4.69) is 10.2 Å². The average molecular weight is 336 g/mol. The first kappa shape index (κ1) is 15.5. The Balaban J connectivity index is 1.78. The summed E-state index contributed by atoms with van der Waals surface area (Å²) in [6, 6.07) is 7.77. The number of nitrogens with two attached hydrogens (primary N) is 1. The summed E-state index contributed by atoms with van der Waals surface area (Å²) in [6.45, 7) is 0.743. The van der Waals surface area contributed by atoms with Crippen LogP contribution < -0.4 is 5.73 Å². The summed E-state index contributed by atoms with van der Waals surface area (Å²) < 4.78 is 1.88. The second kappa shape index (κ2) is 7.26. The molecule has 2 aromatic rings. The zero-order valence-electron chi connectivity index (χ0n) is 12.2. The molecule has 5 nitrogen and oxygen atoms in total. The van der Waals surface area contributed by atoms with Crippen LogP contribution in [-0.2, 0) is 6.42 Å². The Morgan fingerprint density at radius 2 is 1.95 bits per heavy atom. The molecule has 0 saturated heterocycles. The van der Waals surface area contributed by atoms with Crippen LogP contribution in [-0.4, -0.2) is 32.9 Å². The summed E-state index contributed by atoms with van der Waals surface area (Å²) in [4.78, 5) is 0. The fourth-order valence-electron chi connectivity index (χ4n) is 2.31. The molecule has 2 heterocycles. The van der Waals surface area contributed by atoms with Gasteiger partial charge in [0.1, 0.15) is 0 Å². The van der Waals surface area contributed by atoms with Crippen LogP contribution in [0.2, 0.25) is 5.02 Å². The van der Waals surface area contributed by atoms with Gasteiger partial charge in [-0.1, -0.05) is 41.9 Å².